The van der Waals surface area contributed by atoms with Gasteiger partial charge in [-0.05, 0) is 30.7 Å². The van der Waals surface area contributed by atoms with Gasteiger partial charge >= 0.3 is 5.97 Å². The molecule has 1 aromatic carbocycles. The maximum Gasteiger partial charge on any atom is 0.339 e. The van der Waals surface area contributed by atoms with Crippen molar-refractivity contribution in [2.75, 3.05) is 6.61 Å². The lowest BCUT2D eigenvalue weighted by Crippen LogP contribution is -2.23. The summed E-state index contributed by atoms with van der Waals surface area (Å²) in [5, 5.41) is 0.774. The molecule has 0 aliphatic heterocycles. The van der Waals surface area contributed by atoms with Crippen molar-refractivity contribution in [2.45, 2.75) is 47.1 Å². The minimum absolute atomic E-state index is 0.148. The summed E-state index contributed by atoms with van der Waals surface area (Å²) >= 11 is 0. The monoisotopic (exact) mass is 329 g/mol. The van der Waals surface area contributed by atoms with Crippen LogP contribution in [0.4, 0.5) is 0 Å². The summed E-state index contributed by atoms with van der Waals surface area (Å²) in [6.07, 6.45) is 1.73. The number of rotatable bonds is 7. The average molecular weight is 329 g/mol. The van der Waals surface area contributed by atoms with E-state index in [4.69, 9.17) is 4.74 Å². The fraction of sp³-hybridized carbons (Fsp3) is 0.500. The van der Waals surface area contributed by atoms with E-state index in [1.54, 1.807) is 4.57 Å². The van der Waals surface area contributed by atoms with Crippen molar-refractivity contribution in [1.29, 1.82) is 0 Å². The Morgan fingerprint density at radius 3 is 2.42 bits per heavy atom. The predicted octanol–water partition coefficient (Wildman–Crippen LogP) is 4.25. The highest BCUT2D eigenvalue weighted by Crippen LogP contribution is 2.19. The lowest BCUT2D eigenvalue weighted by molar-refractivity contribution is 0.0490. The Kier molecular flexibility index (Phi) is 6.18. The quantitative estimate of drug-likeness (QED) is 0.714. The molecule has 24 heavy (non-hydrogen) atoms. The number of hydrogen-bond donors (Lipinski definition) is 0. The van der Waals surface area contributed by atoms with Gasteiger partial charge in [0.05, 0.1) is 17.7 Å². The van der Waals surface area contributed by atoms with Crippen molar-refractivity contribution < 1.29 is 9.53 Å². The number of para-hydroxylation sites is 1. The van der Waals surface area contributed by atoms with Gasteiger partial charge in [-0.1, -0.05) is 45.9 Å². The van der Waals surface area contributed by atoms with Gasteiger partial charge in [-0.2, -0.15) is 0 Å². The highest BCUT2D eigenvalue weighted by atomic mass is 16.5. The standard InChI is InChI=1S/C20H27NO3/c1-14(2)9-11-21-18-8-6-5-7-16(18)17(13-19(21)22)20(23)24-12-10-15(3)4/h5-8,13-15H,9-12H2,1-4H3. The fourth-order valence-electron chi connectivity index (χ4n) is 2.59. The number of aromatic nitrogens is 1. The Morgan fingerprint density at radius 2 is 1.75 bits per heavy atom. The largest absolute Gasteiger partial charge is 0.462 e. The van der Waals surface area contributed by atoms with Crippen LogP contribution >= 0.6 is 0 Å². The second-order valence-corrected chi connectivity index (χ2v) is 7.07. The molecule has 0 atom stereocenters. The molecule has 0 saturated carbocycles. The first-order valence-corrected chi connectivity index (χ1v) is 8.70. The van der Waals surface area contributed by atoms with Crippen LogP contribution in [-0.4, -0.2) is 17.1 Å². The van der Waals surface area contributed by atoms with Gasteiger partial charge in [0.1, 0.15) is 0 Å². The maximum atomic E-state index is 12.5. The zero-order valence-electron chi connectivity index (χ0n) is 15.0. The summed E-state index contributed by atoms with van der Waals surface area (Å²) in [6.45, 7) is 9.46. The second kappa shape index (κ2) is 8.13. The van der Waals surface area contributed by atoms with Crippen LogP contribution in [0.2, 0.25) is 0 Å². The summed E-state index contributed by atoms with van der Waals surface area (Å²) in [7, 11) is 0. The minimum Gasteiger partial charge on any atom is -0.462 e. The van der Waals surface area contributed by atoms with Crippen LogP contribution in [0.15, 0.2) is 35.1 Å². The number of esters is 1. The van der Waals surface area contributed by atoms with Gasteiger partial charge in [-0.15, -0.1) is 0 Å². The SMILES string of the molecule is CC(C)CCOC(=O)c1cc(=O)n(CCC(C)C)c2ccccc12. The lowest BCUT2D eigenvalue weighted by atomic mass is 10.1. The van der Waals surface area contributed by atoms with Crippen molar-refractivity contribution in [3.8, 4) is 0 Å². The van der Waals surface area contributed by atoms with Crippen molar-refractivity contribution in [1.82, 2.24) is 4.57 Å². The molecule has 0 unspecified atom stereocenters. The molecule has 0 spiro atoms. The van der Waals surface area contributed by atoms with E-state index in [-0.39, 0.29) is 5.56 Å². The average Bonchev–Trinajstić information content (AvgIpc) is 2.52. The molecule has 0 N–H and O–H groups in total. The summed E-state index contributed by atoms with van der Waals surface area (Å²) in [5.74, 6) is 0.565. The van der Waals surface area contributed by atoms with Crippen LogP contribution in [0, 0.1) is 11.8 Å². The predicted molar refractivity (Wildman–Crippen MR) is 97.4 cm³/mol. The fourth-order valence-corrected chi connectivity index (χ4v) is 2.59. The van der Waals surface area contributed by atoms with Crippen LogP contribution in [0.5, 0.6) is 0 Å². The third kappa shape index (κ3) is 4.47. The molecule has 0 aliphatic rings. The first-order valence-electron chi connectivity index (χ1n) is 8.70. The first kappa shape index (κ1) is 18.2. The number of benzene rings is 1. The molecule has 4 heteroatoms. The maximum absolute atomic E-state index is 12.5. The third-order valence-corrected chi connectivity index (χ3v) is 4.10. The number of nitrogens with zero attached hydrogens (tertiary/aromatic N) is 1. The van der Waals surface area contributed by atoms with Gasteiger partial charge in [0.2, 0.25) is 0 Å². The molecule has 0 aliphatic carbocycles. The molecule has 130 valence electrons. The van der Waals surface area contributed by atoms with Gasteiger partial charge in [0.25, 0.3) is 5.56 Å². The summed E-state index contributed by atoms with van der Waals surface area (Å²) in [4.78, 5) is 24.9. The number of carbonyl (C=O) groups excluding carboxylic acids is 1. The highest BCUT2D eigenvalue weighted by molar-refractivity contribution is 6.03. The van der Waals surface area contributed by atoms with E-state index < -0.39 is 5.97 Å². The number of hydrogen-bond acceptors (Lipinski definition) is 3. The van der Waals surface area contributed by atoms with Crippen molar-refractivity contribution in [2.24, 2.45) is 11.8 Å². The molecular weight excluding hydrogens is 302 g/mol. The highest BCUT2D eigenvalue weighted by Gasteiger charge is 2.16. The molecule has 1 aromatic heterocycles. The zero-order chi connectivity index (χ0) is 17.7. The molecule has 1 heterocycles. The molecule has 0 bridgehead atoms. The van der Waals surface area contributed by atoms with Gasteiger partial charge < -0.3 is 9.30 Å². The normalized spacial score (nSPS) is 11.4. The van der Waals surface area contributed by atoms with Crippen LogP contribution in [0.25, 0.3) is 10.9 Å². The second-order valence-electron chi connectivity index (χ2n) is 7.07. The van der Waals surface area contributed by atoms with Gasteiger partial charge in [0, 0.05) is 18.0 Å². The minimum atomic E-state index is -0.417. The molecule has 0 saturated heterocycles. The summed E-state index contributed by atoms with van der Waals surface area (Å²) < 4.78 is 7.10. The van der Waals surface area contributed by atoms with Crippen LogP contribution < -0.4 is 5.56 Å². The van der Waals surface area contributed by atoms with Crippen molar-refractivity contribution in [3.63, 3.8) is 0 Å². The lowest BCUT2D eigenvalue weighted by Gasteiger charge is -2.14. The Labute approximate surface area is 143 Å². The summed E-state index contributed by atoms with van der Waals surface area (Å²) in [5.41, 5.74) is 1.01. The molecule has 2 aromatic rings. The number of fused-ring (bicyclic) bond motifs is 1. The first-order chi connectivity index (χ1) is 11.4. The Bertz CT molecular complexity index is 759. The topological polar surface area (TPSA) is 48.3 Å². The molecule has 4 nitrogen and oxygen atoms in total. The van der Waals surface area contributed by atoms with Crippen LogP contribution in [0.1, 0.15) is 50.9 Å². The zero-order valence-corrected chi connectivity index (χ0v) is 15.0. The Morgan fingerprint density at radius 1 is 1.08 bits per heavy atom. The summed E-state index contributed by atoms with van der Waals surface area (Å²) in [6, 6.07) is 8.95. The van der Waals surface area contributed by atoms with Gasteiger partial charge in [-0.3, -0.25) is 4.79 Å². The number of carbonyl (C=O) groups is 1. The third-order valence-electron chi connectivity index (χ3n) is 4.10. The van der Waals surface area contributed by atoms with Gasteiger partial charge in [0.15, 0.2) is 0 Å². The van der Waals surface area contributed by atoms with Crippen LogP contribution in [-0.2, 0) is 11.3 Å². The van der Waals surface area contributed by atoms with E-state index in [0.717, 1.165) is 23.7 Å². The van der Waals surface area contributed by atoms with E-state index in [2.05, 4.69) is 27.7 Å². The van der Waals surface area contributed by atoms with Crippen molar-refractivity contribution in [3.05, 3.63) is 46.2 Å². The van der Waals surface area contributed by atoms with E-state index >= 15 is 0 Å². The molecule has 2 rings (SSSR count). The Balaban J connectivity index is 2.37. The van der Waals surface area contributed by atoms with E-state index in [9.17, 15) is 9.59 Å². The molecule has 0 radical (unpaired) electrons. The molecular formula is C20H27NO3. The molecule has 0 fully saturated rings. The molecule has 0 amide bonds. The van der Waals surface area contributed by atoms with Gasteiger partial charge in [-0.25, -0.2) is 4.79 Å². The van der Waals surface area contributed by atoms with E-state index in [1.807, 2.05) is 24.3 Å². The number of pyridine rings is 1. The van der Waals surface area contributed by atoms with E-state index in [0.29, 0.717) is 30.6 Å². The number of ether oxygens (including phenoxy) is 1. The van der Waals surface area contributed by atoms with Crippen molar-refractivity contribution >= 4 is 16.9 Å². The van der Waals surface area contributed by atoms with E-state index in [1.165, 1.54) is 6.07 Å². The Hall–Kier alpha value is -2.10. The smallest absolute Gasteiger partial charge is 0.339 e. The number of aryl methyl sites for hydroxylation is 1. The van der Waals surface area contributed by atoms with Crippen LogP contribution in [0.3, 0.4) is 0 Å².